The molecule has 0 spiro atoms. The van der Waals surface area contributed by atoms with Gasteiger partial charge >= 0.3 is 0 Å². The monoisotopic (exact) mass is 450 g/mol. The number of carbonyl (C=O) groups excluding carboxylic acids is 1. The van der Waals surface area contributed by atoms with Gasteiger partial charge in [0, 0.05) is 31.2 Å². The van der Waals surface area contributed by atoms with Crippen molar-refractivity contribution in [2.45, 2.75) is 44.1 Å². The summed E-state index contributed by atoms with van der Waals surface area (Å²) in [4.78, 5) is 24.9. The van der Waals surface area contributed by atoms with Crippen LogP contribution in [-0.2, 0) is 0 Å². The Morgan fingerprint density at radius 1 is 0.970 bits per heavy atom. The predicted molar refractivity (Wildman–Crippen MR) is 124 cm³/mol. The number of benzene rings is 1. The molecule has 0 radical (unpaired) electrons. The Balaban J connectivity index is 1.38. The van der Waals surface area contributed by atoms with Gasteiger partial charge in [0.2, 0.25) is 5.75 Å². The van der Waals surface area contributed by atoms with Gasteiger partial charge in [-0.05, 0) is 49.9 Å². The minimum atomic E-state index is -0.0564. The molecule has 1 aromatic carbocycles. The van der Waals surface area contributed by atoms with Gasteiger partial charge < -0.3 is 23.7 Å². The number of likely N-dealkylation sites (tertiary alicyclic amines) is 1. The Kier molecular flexibility index (Phi) is 5.83. The number of aromatic nitrogens is 3. The zero-order valence-corrected chi connectivity index (χ0v) is 19.4. The topological polar surface area (TPSA) is 78.7 Å². The van der Waals surface area contributed by atoms with Crippen LogP contribution in [0.15, 0.2) is 30.5 Å². The minimum Gasteiger partial charge on any atom is -0.493 e. The number of piperidine rings is 1. The van der Waals surface area contributed by atoms with Crippen molar-refractivity contribution in [1.29, 1.82) is 0 Å². The average Bonchev–Trinajstić information content (AvgIpc) is 3.20. The number of fused-ring (bicyclic) bond motifs is 1. The van der Waals surface area contributed by atoms with Crippen LogP contribution in [0.4, 0.5) is 0 Å². The molecule has 3 heterocycles. The number of pyridine rings is 1. The normalized spacial score (nSPS) is 17.1. The molecule has 1 saturated heterocycles. The fourth-order valence-corrected chi connectivity index (χ4v) is 5.03. The number of nitrogens with zero attached hydrogens (tertiary/aromatic N) is 4. The van der Waals surface area contributed by atoms with Crippen LogP contribution in [0.5, 0.6) is 17.2 Å². The van der Waals surface area contributed by atoms with Crippen LogP contribution in [0.25, 0.3) is 11.2 Å². The van der Waals surface area contributed by atoms with Gasteiger partial charge in [0.1, 0.15) is 11.3 Å². The molecule has 1 amide bonds. The van der Waals surface area contributed by atoms with Gasteiger partial charge in [-0.3, -0.25) is 4.79 Å². The second-order valence-electron chi connectivity index (χ2n) is 8.72. The molecule has 5 rings (SSSR count). The van der Waals surface area contributed by atoms with E-state index in [4.69, 9.17) is 19.2 Å². The van der Waals surface area contributed by atoms with E-state index in [9.17, 15) is 4.79 Å². The first kappa shape index (κ1) is 21.6. The van der Waals surface area contributed by atoms with Crippen molar-refractivity contribution >= 4 is 17.1 Å². The smallest absolute Gasteiger partial charge is 0.257 e. The Hall–Kier alpha value is -3.29. The van der Waals surface area contributed by atoms with Crippen molar-refractivity contribution in [3.05, 3.63) is 41.9 Å². The van der Waals surface area contributed by atoms with E-state index in [1.807, 2.05) is 23.2 Å². The zero-order valence-electron chi connectivity index (χ0n) is 19.4. The lowest BCUT2D eigenvalue weighted by Crippen LogP contribution is -2.39. The first-order valence-electron chi connectivity index (χ1n) is 11.6. The number of imidazole rings is 1. The molecule has 0 atom stereocenters. The van der Waals surface area contributed by atoms with Crippen LogP contribution in [0, 0.1) is 0 Å². The van der Waals surface area contributed by atoms with E-state index in [0.29, 0.717) is 41.8 Å². The van der Waals surface area contributed by atoms with Crippen molar-refractivity contribution in [3.63, 3.8) is 0 Å². The highest BCUT2D eigenvalue weighted by Crippen LogP contribution is 2.42. The van der Waals surface area contributed by atoms with Gasteiger partial charge in [-0.15, -0.1) is 0 Å². The summed E-state index contributed by atoms with van der Waals surface area (Å²) in [5.41, 5.74) is 2.41. The molecule has 1 aliphatic carbocycles. The zero-order chi connectivity index (χ0) is 22.9. The summed E-state index contributed by atoms with van der Waals surface area (Å²) in [7, 11) is 4.65. The van der Waals surface area contributed by atoms with E-state index in [1.165, 1.54) is 25.1 Å². The van der Waals surface area contributed by atoms with Gasteiger partial charge in [0.15, 0.2) is 17.1 Å². The van der Waals surface area contributed by atoms with Crippen molar-refractivity contribution in [1.82, 2.24) is 19.4 Å². The van der Waals surface area contributed by atoms with Gasteiger partial charge in [-0.25, -0.2) is 9.97 Å². The summed E-state index contributed by atoms with van der Waals surface area (Å²) in [6.45, 7) is 1.33. The van der Waals surface area contributed by atoms with Crippen molar-refractivity contribution < 1.29 is 19.0 Å². The molecule has 33 heavy (non-hydrogen) atoms. The van der Waals surface area contributed by atoms with Crippen LogP contribution in [0.2, 0.25) is 0 Å². The maximum atomic E-state index is 13.4. The summed E-state index contributed by atoms with van der Waals surface area (Å²) in [6.07, 6.45) is 7.22. The van der Waals surface area contributed by atoms with E-state index >= 15 is 0 Å². The van der Waals surface area contributed by atoms with E-state index in [0.717, 1.165) is 24.0 Å². The second-order valence-corrected chi connectivity index (χ2v) is 8.72. The molecule has 0 N–H and O–H groups in total. The summed E-state index contributed by atoms with van der Waals surface area (Å²) in [5.74, 6) is 3.01. The molecule has 0 bridgehead atoms. The number of hydrogen-bond acceptors (Lipinski definition) is 6. The third kappa shape index (κ3) is 3.67. The molecule has 2 fully saturated rings. The Bertz CT molecular complexity index is 1160. The quantitative estimate of drug-likeness (QED) is 0.560. The molecular formula is C25H30N4O4. The van der Waals surface area contributed by atoms with Crippen LogP contribution in [0.3, 0.4) is 0 Å². The number of amides is 1. The maximum Gasteiger partial charge on any atom is 0.257 e. The standard InChI is InChI=1S/C25H30N4O4/c1-31-20-10-9-18(21(32-2)22(20)33-3)25(30)28-14-11-17(12-15-28)29-23(16-6-4-7-16)27-19-8-5-13-26-24(19)29/h5,8-10,13,16-17H,4,6-7,11-12,14-15H2,1-3H3. The lowest BCUT2D eigenvalue weighted by atomic mass is 9.84. The van der Waals surface area contributed by atoms with E-state index < -0.39 is 0 Å². The van der Waals surface area contributed by atoms with E-state index in [-0.39, 0.29) is 11.9 Å². The van der Waals surface area contributed by atoms with Crippen LogP contribution < -0.4 is 14.2 Å². The number of methoxy groups -OCH3 is 3. The van der Waals surface area contributed by atoms with Gasteiger partial charge in [0.05, 0.1) is 26.9 Å². The van der Waals surface area contributed by atoms with E-state index in [2.05, 4.69) is 9.55 Å². The first-order valence-corrected chi connectivity index (χ1v) is 11.6. The van der Waals surface area contributed by atoms with Crippen molar-refractivity contribution in [2.24, 2.45) is 0 Å². The molecule has 8 nitrogen and oxygen atoms in total. The fraction of sp³-hybridized carbons (Fsp3) is 0.480. The second kappa shape index (κ2) is 8.92. The fourth-order valence-electron chi connectivity index (χ4n) is 5.03. The summed E-state index contributed by atoms with van der Waals surface area (Å²) in [5, 5.41) is 0. The average molecular weight is 451 g/mol. The maximum absolute atomic E-state index is 13.4. The molecule has 0 unspecified atom stereocenters. The van der Waals surface area contributed by atoms with Crippen molar-refractivity contribution in [3.8, 4) is 17.2 Å². The number of rotatable bonds is 6. The number of carbonyl (C=O) groups is 1. The van der Waals surface area contributed by atoms with Gasteiger partial charge in [-0.1, -0.05) is 6.42 Å². The summed E-state index contributed by atoms with van der Waals surface area (Å²) in [6, 6.07) is 7.77. The Morgan fingerprint density at radius 3 is 2.36 bits per heavy atom. The number of ether oxygens (including phenoxy) is 3. The SMILES string of the molecule is COc1ccc(C(=O)N2CCC(n3c(C4CCC4)nc4cccnc43)CC2)c(OC)c1OC. The molecule has 2 aliphatic rings. The third-order valence-corrected chi connectivity index (χ3v) is 7.00. The highest BCUT2D eigenvalue weighted by atomic mass is 16.5. The summed E-state index contributed by atoms with van der Waals surface area (Å²) < 4.78 is 18.7. The lowest BCUT2D eigenvalue weighted by molar-refractivity contribution is 0.0690. The molecule has 2 aromatic heterocycles. The molecule has 3 aromatic rings. The van der Waals surface area contributed by atoms with Crippen LogP contribution in [-0.4, -0.2) is 59.8 Å². The Labute approximate surface area is 193 Å². The largest absolute Gasteiger partial charge is 0.493 e. The lowest BCUT2D eigenvalue weighted by Gasteiger charge is -2.35. The van der Waals surface area contributed by atoms with Crippen LogP contribution >= 0.6 is 0 Å². The highest BCUT2D eigenvalue weighted by Gasteiger charge is 2.33. The van der Waals surface area contributed by atoms with Gasteiger partial charge in [-0.2, -0.15) is 0 Å². The third-order valence-electron chi connectivity index (χ3n) is 7.00. The molecule has 1 saturated carbocycles. The first-order chi connectivity index (χ1) is 16.2. The Morgan fingerprint density at radius 2 is 1.73 bits per heavy atom. The molecule has 8 heteroatoms. The predicted octanol–water partition coefficient (Wildman–Crippen LogP) is 4.20. The minimum absolute atomic E-state index is 0.0564. The van der Waals surface area contributed by atoms with E-state index in [1.54, 1.807) is 33.5 Å². The molecule has 174 valence electrons. The molecule has 1 aliphatic heterocycles. The molecular weight excluding hydrogens is 420 g/mol. The highest BCUT2D eigenvalue weighted by molar-refractivity contribution is 5.98. The van der Waals surface area contributed by atoms with Crippen molar-refractivity contribution in [2.75, 3.05) is 34.4 Å². The van der Waals surface area contributed by atoms with Crippen LogP contribution in [0.1, 0.15) is 60.2 Å². The number of hydrogen-bond donors (Lipinski definition) is 0. The van der Waals surface area contributed by atoms with Gasteiger partial charge in [0.25, 0.3) is 5.91 Å². The summed E-state index contributed by atoms with van der Waals surface area (Å²) >= 11 is 0.